The first-order valence-corrected chi connectivity index (χ1v) is 8.40. The SMILES string of the molecule is CCC(=O)c1cccc(Oc2ccc(S(C)(=O)=O)cc2)c1. The molecule has 5 heteroatoms. The third-order valence-electron chi connectivity index (χ3n) is 2.96. The molecule has 0 N–H and O–H groups in total. The number of hydrogen-bond acceptors (Lipinski definition) is 4. The van der Waals surface area contributed by atoms with Gasteiger partial charge in [-0.05, 0) is 36.4 Å². The van der Waals surface area contributed by atoms with Crippen molar-refractivity contribution < 1.29 is 17.9 Å². The van der Waals surface area contributed by atoms with Gasteiger partial charge in [-0.25, -0.2) is 8.42 Å². The maximum Gasteiger partial charge on any atom is 0.175 e. The molecule has 2 aromatic rings. The van der Waals surface area contributed by atoms with E-state index in [1.54, 1.807) is 43.3 Å². The summed E-state index contributed by atoms with van der Waals surface area (Å²) in [6, 6.07) is 13.1. The molecule has 0 spiro atoms. The van der Waals surface area contributed by atoms with E-state index < -0.39 is 9.84 Å². The lowest BCUT2D eigenvalue weighted by Crippen LogP contribution is -1.97. The van der Waals surface area contributed by atoms with Crippen LogP contribution in [0, 0.1) is 0 Å². The second-order valence-electron chi connectivity index (χ2n) is 4.65. The first-order valence-electron chi connectivity index (χ1n) is 6.51. The molecule has 0 radical (unpaired) electrons. The standard InChI is InChI=1S/C16H16O4S/c1-3-16(17)12-5-4-6-14(11-12)20-13-7-9-15(10-8-13)21(2,18)19/h4-11H,3H2,1-2H3. The van der Waals surface area contributed by atoms with Crippen LogP contribution in [-0.4, -0.2) is 20.5 Å². The molecule has 2 rings (SSSR count). The van der Waals surface area contributed by atoms with E-state index in [1.165, 1.54) is 12.1 Å². The summed E-state index contributed by atoms with van der Waals surface area (Å²) in [5, 5.41) is 0. The fourth-order valence-electron chi connectivity index (χ4n) is 1.83. The zero-order chi connectivity index (χ0) is 15.5. The lowest BCUT2D eigenvalue weighted by atomic mass is 10.1. The molecule has 0 fully saturated rings. The van der Waals surface area contributed by atoms with Crippen molar-refractivity contribution in [3.63, 3.8) is 0 Å². The molecule has 21 heavy (non-hydrogen) atoms. The van der Waals surface area contributed by atoms with Crippen molar-refractivity contribution in [1.82, 2.24) is 0 Å². The maximum absolute atomic E-state index is 11.7. The lowest BCUT2D eigenvalue weighted by molar-refractivity contribution is 0.0988. The summed E-state index contributed by atoms with van der Waals surface area (Å²) in [4.78, 5) is 11.9. The van der Waals surface area contributed by atoms with E-state index in [0.717, 1.165) is 6.26 Å². The average Bonchev–Trinajstić information content (AvgIpc) is 2.46. The second kappa shape index (κ2) is 6.10. The molecule has 0 saturated heterocycles. The topological polar surface area (TPSA) is 60.4 Å². The summed E-state index contributed by atoms with van der Waals surface area (Å²) in [5.41, 5.74) is 0.600. The molecule has 110 valence electrons. The molecule has 0 unspecified atom stereocenters. The van der Waals surface area contributed by atoms with Gasteiger partial charge in [0.2, 0.25) is 0 Å². The summed E-state index contributed by atoms with van der Waals surface area (Å²) in [6.45, 7) is 1.81. The van der Waals surface area contributed by atoms with E-state index >= 15 is 0 Å². The normalized spacial score (nSPS) is 11.1. The smallest absolute Gasteiger partial charge is 0.175 e. The highest BCUT2D eigenvalue weighted by Crippen LogP contribution is 2.24. The fourth-order valence-corrected chi connectivity index (χ4v) is 2.46. The molecule has 0 bridgehead atoms. The van der Waals surface area contributed by atoms with Crippen LogP contribution in [0.2, 0.25) is 0 Å². The van der Waals surface area contributed by atoms with Crippen molar-refractivity contribution in [2.24, 2.45) is 0 Å². The number of carbonyl (C=O) groups is 1. The number of hydrogen-bond donors (Lipinski definition) is 0. The molecule has 0 aliphatic heterocycles. The largest absolute Gasteiger partial charge is 0.457 e. The third-order valence-corrected chi connectivity index (χ3v) is 4.09. The Kier molecular flexibility index (Phi) is 4.43. The number of ether oxygens (including phenoxy) is 1. The Hall–Kier alpha value is -2.14. The van der Waals surface area contributed by atoms with E-state index in [2.05, 4.69) is 0 Å². The first-order chi connectivity index (χ1) is 9.90. The van der Waals surface area contributed by atoms with Crippen LogP contribution in [0.4, 0.5) is 0 Å². The zero-order valence-electron chi connectivity index (χ0n) is 11.9. The third kappa shape index (κ3) is 3.92. The first kappa shape index (κ1) is 15.3. The second-order valence-corrected chi connectivity index (χ2v) is 6.67. The Morgan fingerprint density at radius 3 is 2.29 bits per heavy atom. The van der Waals surface area contributed by atoms with Gasteiger partial charge < -0.3 is 4.74 Å². The van der Waals surface area contributed by atoms with Gasteiger partial charge in [0.1, 0.15) is 11.5 Å². The maximum atomic E-state index is 11.7. The molecular formula is C16H16O4S. The highest BCUT2D eigenvalue weighted by Gasteiger charge is 2.08. The van der Waals surface area contributed by atoms with E-state index in [0.29, 0.717) is 23.5 Å². The van der Waals surface area contributed by atoms with Gasteiger partial charge >= 0.3 is 0 Å². The zero-order valence-corrected chi connectivity index (χ0v) is 12.7. The highest BCUT2D eigenvalue weighted by atomic mass is 32.2. The molecule has 0 heterocycles. The van der Waals surface area contributed by atoms with E-state index in [-0.39, 0.29) is 10.7 Å². The van der Waals surface area contributed by atoms with Gasteiger partial charge in [0.15, 0.2) is 15.6 Å². The van der Waals surface area contributed by atoms with Crippen molar-refractivity contribution >= 4 is 15.6 Å². The minimum Gasteiger partial charge on any atom is -0.457 e. The summed E-state index contributed by atoms with van der Waals surface area (Å²) >= 11 is 0. The molecule has 0 aromatic heterocycles. The molecule has 0 aliphatic rings. The Labute approximate surface area is 124 Å². The van der Waals surface area contributed by atoms with Crippen LogP contribution in [0.1, 0.15) is 23.7 Å². The van der Waals surface area contributed by atoms with Crippen LogP contribution in [0.25, 0.3) is 0 Å². The summed E-state index contributed by atoms with van der Waals surface area (Å²) in [5.74, 6) is 1.11. The van der Waals surface area contributed by atoms with Gasteiger partial charge in [-0.1, -0.05) is 19.1 Å². The number of benzene rings is 2. The Morgan fingerprint density at radius 2 is 1.71 bits per heavy atom. The van der Waals surface area contributed by atoms with E-state index in [4.69, 9.17) is 4.74 Å². The minimum absolute atomic E-state index is 0.0490. The van der Waals surface area contributed by atoms with Gasteiger partial charge in [-0.15, -0.1) is 0 Å². The van der Waals surface area contributed by atoms with Crippen LogP contribution in [-0.2, 0) is 9.84 Å². The summed E-state index contributed by atoms with van der Waals surface area (Å²) < 4.78 is 28.4. The van der Waals surface area contributed by atoms with Crippen molar-refractivity contribution in [3.05, 3.63) is 54.1 Å². The fraction of sp³-hybridized carbons (Fsp3) is 0.188. The summed E-state index contributed by atoms with van der Waals surface area (Å²) in [6.07, 6.45) is 1.59. The number of Topliss-reactive ketones (excluding diaryl/α,β-unsaturated/α-hetero) is 1. The number of rotatable bonds is 5. The van der Waals surface area contributed by atoms with Crippen LogP contribution < -0.4 is 4.74 Å². The molecular weight excluding hydrogens is 288 g/mol. The van der Waals surface area contributed by atoms with Crippen LogP contribution in [0.3, 0.4) is 0 Å². The summed E-state index contributed by atoms with van der Waals surface area (Å²) in [7, 11) is -3.21. The van der Waals surface area contributed by atoms with Gasteiger partial charge in [-0.2, -0.15) is 0 Å². The van der Waals surface area contributed by atoms with Gasteiger partial charge in [-0.3, -0.25) is 4.79 Å². The molecule has 0 atom stereocenters. The average molecular weight is 304 g/mol. The molecule has 0 aliphatic carbocycles. The van der Waals surface area contributed by atoms with Crippen LogP contribution in [0.5, 0.6) is 11.5 Å². The highest BCUT2D eigenvalue weighted by molar-refractivity contribution is 7.90. The van der Waals surface area contributed by atoms with Gasteiger partial charge in [0, 0.05) is 18.2 Å². The van der Waals surface area contributed by atoms with E-state index in [9.17, 15) is 13.2 Å². The predicted molar refractivity (Wildman–Crippen MR) is 80.7 cm³/mol. The quantitative estimate of drug-likeness (QED) is 0.793. The Bertz CT molecular complexity index is 746. The number of sulfone groups is 1. The minimum atomic E-state index is -3.21. The predicted octanol–water partition coefficient (Wildman–Crippen LogP) is 3.48. The van der Waals surface area contributed by atoms with Crippen LogP contribution >= 0.6 is 0 Å². The van der Waals surface area contributed by atoms with Gasteiger partial charge in [0.25, 0.3) is 0 Å². The molecule has 0 saturated carbocycles. The Balaban J connectivity index is 2.20. The monoisotopic (exact) mass is 304 g/mol. The molecule has 4 nitrogen and oxygen atoms in total. The van der Waals surface area contributed by atoms with Crippen molar-refractivity contribution in [2.45, 2.75) is 18.2 Å². The van der Waals surface area contributed by atoms with Crippen LogP contribution in [0.15, 0.2) is 53.4 Å². The molecule has 2 aromatic carbocycles. The van der Waals surface area contributed by atoms with Crippen molar-refractivity contribution in [2.75, 3.05) is 6.26 Å². The van der Waals surface area contributed by atoms with E-state index in [1.807, 2.05) is 0 Å². The van der Waals surface area contributed by atoms with Gasteiger partial charge in [0.05, 0.1) is 4.90 Å². The van der Waals surface area contributed by atoms with Crippen molar-refractivity contribution in [1.29, 1.82) is 0 Å². The Morgan fingerprint density at radius 1 is 1.05 bits per heavy atom. The number of carbonyl (C=O) groups excluding carboxylic acids is 1. The molecule has 0 amide bonds. The number of ketones is 1. The van der Waals surface area contributed by atoms with Crippen molar-refractivity contribution in [3.8, 4) is 11.5 Å². The lowest BCUT2D eigenvalue weighted by Gasteiger charge is -2.07.